The second-order valence-electron chi connectivity index (χ2n) is 7.90. The Balaban J connectivity index is 1.46. The smallest absolute Gasteiger partial charge is 0.275 e. The predicted molar refractivity (Wildman–Crippen MR) is 114 cm³/mol. The molecule has 7 nitrogen and oxygen atoms in total. The molecule has 0 saturated heterocycles. The molecular weight excluding hydrogens is 447 g/mol. The van der Waals surface area contributed by atoms with Crippen LogP contribution in [0.25, 0.3) is 0 Å². The highest BCUT2D eigenvalue weighted by molar-refractivity contribution is 5.97. The number of hydrogen-bond acceptors (Lipinski definition) is 5. The van der Waals surface area contributed by atoms with Crippen molar-refractivity contribution in [3.05, 3.63) is 93.8 Å². The summed E-state index contributed by atoms with van der Waals surface area (Å²) in [6.45, 7) is 1.72. The van der Waals surface area contributed by atoms with Gasteiger partial charge in [0, 0.05) is 24.6 Å². The molecule has 1 aromatic heterocycles. The number of halogens is 3. The normalized spacial score (nSPS) is 15.8. The van der Waals surface area contributed by atoms with Gasteiger partial charge in [-0.3, -0.25) is 9.59 Å². The van der Waals surface area contributed by atoms with Gasteiger partial charge in [-0.2, -0.15) is 5.26 Å². The number of nitrogens with one attached hydrogen (secondary N) is 2. The number of rotatable bonds is 5. The van der Waals surface area contributed by atoms with Crippen molar-refractivity contribution < 1.29 is 22.8 Å². The lowest BCUT2D eigenvalue weighted by Crippen LogP contribution is -2.30. The van der Waals surface area contributed by atoms with Crippen LogP contribution in [0.4, 0.5) is 13.2 Å². The van der Waals surface area contributed by atoms with E-state index in [0.717, 1.165) is 18.5 Å². The summed E-state index contributed by atoms with van der Waals surface area (Å²) < 4.78 is 42.3. The topological polar surface area (TPSA) is 108 Å². The van der Waals surface area contributed by atoms with Crippen LogP contribution in [0, 0.1) is 24.1 Å². The molecule has 0 radical (unpaired) electrons. The van der Waals surface area contributed by atoms with Gasteiger partial charge in [0.15, 0.2) is 0 Å². The van der Waals surface area contributed by atoms with Gasteiger partial charge in [0.25, 0.3) is 17.7 Å². The Labute approximate surface area is 192 Å². The zero-order valence-corrected chi connectivity index (χ0v) is 17.9. The number of nitrogens with zero attached hydrogens (tertiary/aromatic N) is 3. The lowest BCUT2D eigenvalue weighted by molar-refractivity contribution is -0.00847. The molecule has 0 saturated carbocycles. The zero-order valence-electron chi connectivity index (χ0n) is 17.9. The van der Waals surface area contributed by atoms with Crippen LogP contribution < -0.4 is 10.6 Å². The van der Waals surface area contributed by atoms with Gasteiger partial charge in [-0.15, -0.1) is 0 Å². The minimum Gasteiger partial charge on any atom is -0.347 e. The second kappa shape index (κ2) is 8.94. The second-order valence-corrected chi connectivity index (χ2v) is 7.90. The van der Waals surface area contributed by atoms with Gasteiger partial charge in [-0.05, 0) is 41.8 Å². The summed E-state index contributed by atoms with van der Waals surface area (Å²) in [4.78, 5) is 32.9. The van der Waals surface area contributed by atoms with E-state index in [-0.39, 0.29) is 40.4 Å². The highest BCUT2D eigenvalue weighted by Gasteiger charge is 2.45. The number of carbonyl (C=O) groups is 2. The molecule has 1 aliphatic carbocycles. The minimum atomic E-state index is -3.20. The molecule has 34 heavy (non-hydrogen) atoms. The highest BCUT2D eigenvalue weighted by Crippen LogP contribution is 2.47. The van der Waals surface area contributed by atoms with Crippen molar-refractivity contribution in [1.29, 1.82) is 5.26 Å². The number of alkyl halides is 2. The van der Waals surface area contributed by atoms with Crippen LogP contribution in [-0.2, 0) is 12.5 Å². The van der Waals surface area contributed by atoms with Crippen molar-refractivity contribution in [2.75, 3.05) is 0 Å². The molecule has 1 atom stereocenters. The maximum Gasteiger partial charge on any atom is 0.275 e. The number of carbonyl (C=O) groups excluding carboxylic acids is 2. The van der Waals surface area contributed by atoms with E-state index in [1.165, 1.54) is 24.3 Å². The Kier molecular flexibility index (Phi) is 6.03. The lowest BCUT2D eigenvalue weighted by atomic mass is 10.0. The van der Waals surface area contributed by atoms with E-state index in [1.54, 1.807) is 13.0 Å². The molecule has 2 aromatic carbocycles. The van der Waals surface area contributed by atoms with Crippen LogP contribution in [0.1, 0.15) is 61.3 Å². The molecule has 2 amide bonds. The van der Waals surface area contributed by atoms with Crippen LogP contribution in [-0.4, -0.2) is 21.8 Å². The van der Waals surface area contributed by atoms with Crippen LogP contribution in [0.2, 0.25) is 0 Å². The molecule has 3 aromatic rings. The number of aryl methyl sites for hydroxylation is 1. The van der Waals surface area contributed by atoms with Crippen molar-refractivity contribution >= 4 is 11.8 Å². The van der Waals surface area contributed by atoms with Gasteiger partial charge < -0.3 is 10.6 Å². The molecule has 1 aliphatic rings. The first-order valence-electron chi connectivity index (χ1n) is 10.3. The lowest BCUT2D eigenvalue weighted by Gasteiger charge is -2.14. The average Bonchev–Trinajstić information content (AvgIpc) is 3.08. The van der Waals surface area contributed by atoms with Gasteiger partial charge in [0.2, 0.25) is 0 Å². The third kappa shape index (κ3) is 4.59. The zero-order chi connectivity index (χ0) is 24.5. The van der Waals surface area contributed by atoms with Crippen molar-refractivity contribution in [2.24, 2.45) is 0 Å². The van der Waals surface area contributed by atoms with Crippen LogP contribution in [0.5, 0.6) is 0 Å². The van der Waals surface area contributed by atoms with Gasteiger partial charge in [0.1, 0.15) is 23.5 Å². The maximum absolute atomic E-state index is 14.4. The molecule has 0 unspecified atom stereocenters. The SMILES string of the molecule is Cc1cc(CNC(=O)c2cc(C(=O)N[C@H]3CC(F)(F)c4cc(C#N)ccc43)ncn2)ccc1F. The summed E-state index contributed by atoms with van der Waals surface area (Å²) >= 11 is 0. The third-order valence-electron chi connectivity index (χ3n) is 5.53. The van der Waals surface area contributed by atoms with E-state index in [4.69, 9.17) is 5.26 Å². The van der Waals surface area contributed by atoms with Crippen molar-refractivity contribution in [2.45, 2.75) is 31.9 Å². The Hall–Kier alpha value is -4.26. The summed E-state index contributed by atoms with van der Waals surface area (Å²) in [5, 5.41) is 14.1. The monoisotopic (exact) mass is 465 g/mol. The first-order chi connectivity index (χ1) is 16.2. The molecule has 0 fully saturated rings. The standard InChI is InChI=1S/C24H18F3N5O2/c1-13-6-15(3-5-18(13)25)11-29-22(33)19-8-20(31-12-30-19)23(34)32-21-9-24(26,27)17-7-14(10-28)2-4-16(17)21/h2-8,12,21H,9,11H2,1H3,(H,29,33)(H,32,34)/t21-/m0/s1. The highest BCUT2D eigenvalue weighted by atomic mass is 19.3. The van der Waals surface area contributed by atoms with E-state index in [1.807, 2.05) is 6.07 Å². The largest absolute Gasteiger partial charge is 0.347 e. The van der Waals surface area contributed by atoms with Gasteiger partial charge in [-0.1, -0.05) is 18.2 Å². The Morgan fingerprint density at radius 3 is 2.56 bits per heavy atom. The number of benzene rings is 2. The molecule has 1 heterocycles. The number of fused-ring (bicyclic) bond motifs is 1. The maximum atomic E-state index is 14.4. The molecule has 4 rings (SSSR count). The fourth-order valence-corrected chi connectivity index (χ4v) is 3.78. The predicted octanol–water partition coefficient (Wildman–Crippen LogP) is 3.69. The van der Waals surface area contributed by atoms with Gasteiger partial charge in [0.05, 0.1) is 17.7 Å². The summed E-state index contributed by atoms with van der Waals surface area (Å²) in [5.41, 5.74) is 0.899. The molecule has 172 valence electrons. The Morgan fingerprint density at radius 2 is 1.85 bits per heavy atom. The van der Waals surface area contributed by atoms with E-state index in [9.17, 15) is 22.8 Å². The molecule has 10 heteroatoms. The fraction of sp³-hybridized carbons (Fsp3) is 0.208. The quantitative estimate of drug-likeness (QED) is 0.598. The van der Waals surface area contributed by atoms with Crippen molar-refractivity contribution in [3.8, 4) is 6.07 Å². The summed E-state index contributed by atoms with van der Waals surface area (Å²) in [6.07, 6.45) is 0.376. The van der Waals surface area contributed by atoms with Crippen LogP contribution >= 0.6 is 0 Å². The van der Waals surface area contributed by atoms with E-state index >= 15 is 0 Å². The summed E-state index contributed by atoms with van der Waals surface area (Å²) in [7, 11) is 0. The first kappa shape index (κ1) is 22.9. The van der Waals surface area contributed by atoms with E-state index in [0.29, 0.717) is 11.1 Å². The van der Waals surface area contributed by atoms with Crippen LogP contribution in [0.3, 0.4) is 0 Å². The molecular formula is C24H18F3N5O2. The van der Waals surface area contributed by atoms with Crippen molar-refractivity contribution in [3.63, 3.8) is 0 Å². The Bertz CT molecular complexity index is 1340. The third-order valence-corrected chi connectivity index (χ3v) is 5.53. The van der Waals surface area contributed by atoms with Gasteiger partial charge >= 0.3 is 0 Å². The summed E-state index contributed by atoms with van der Waals surface area (Å²) in [6, 6.07) is 10.4. The number of nitriles is 1. The molecule has 2 N–H and O–H groups in total. The van der Waals surface area contributed by atoms with E-state index in [2.05, 4.69) is 20.6 Å². The van der Waals surface area contributed by atoms with Crippen molar-refractivity contribution in [1.82, 2.24) is 20.6 Å². The minimum absolute atomic E-state index is 0.0882. The summed E-state index contributed by atoms with van der Waals surface area (Å²) in [5.74, 6) is -4.88. The molecule has 0 aliphatic heterocycles. The van der Waals surface area contributed by atoms with E-state index < -0.39 is 30.2 Å². The van der Waals surface area contributed by atoms with Crippen LogP contribution in [0.15, 0.2) is 48.8 Å². The number of hydrogen-bond donors (Lipinski definition) is 2. The number of amides is 2. The van der Waals surface area contributed by atoms with Gasteiger partial charge in [-0.25, -0.2) is 23.1 Å². The Morgan fingerprint density at radius 1 is 1.12 bits per heavy atom. The fourth-order valence-electron chi connectivity index (χ4n) is 3.78. The molecule has 0 bridgehead atoms. The average molecular weight is 465 g/mol. The molecule has 0 spiro atoms. The number of aromatic nitrogens is 2. The first-order valence-corrected chi connectivity index (χ1v) is 10.3.